The van der Waals surface area contributed by atoms with Crippen LogP contribution in [0.3, 0.4) is 0 Å². The molecule has 1 nitrogen and oxygen atoms in total. The molecule has 1 atom stereocenters. The molecule has 1 aromatic carbocycles. The number of hydrogen-bond donors (Lipinski definition) is 1. The van der Waals surface area contributed by atoms with Gasteiger partial charge in [0.25, 0.3) is 0 Å². The van der Waals surface area contributed by atoms with Crippen LogP contribution in [-0.4, -0.2) is 5.11 Å². The standard InChI is InChI=1S/C11H6Br3FOS/c12-5-1-2-6(8(15)3-5)10(16)9-4-7(13)11(14)17-9/h1-4,10,16H. The van der Waals surface area contributed by atoms with Gasteiger partial charge in [-0.3, -0.25) is 0 Å². The molecule has 0 spiro atoms. The minimum Gasteiger partial charge on any atom is -0.383 e. The number of halogens is 4. The fourth-order valence-electron chi connectivity index (χ4n) is 1.37. The van der Waals surface area contributed by atoms with Gasteiger partial charge >= 0.3 is 0 Å². The summed E-state index contributed by atoms with van der Waals surface area (Å²) < 4.78 is 16.1. The van der Waals surface area contributed by atoms with Crippen LogP contribution >= 0.6 is 59.1 Å². The molecule has 0 fully saturated rings. The van der Waals surface area contributed by atoms with Crippen LogP contribution in [0.15, 0.2) is 37.0 Å². The zero-order valence-corrected chi connectivity index (χ0v) is 13.8. The lowest BCUT2D eigenvalue weighted by Crippen LogP contribution is -2.00. The van der Waals surface area contributed by atoms with E-state index in [1.165, 1.54) is 17.4 Å². The summed E-state index contributed by atoms with van der Waals surface area (Å²) in [6.45, 7) is 0. The molecule has 1 unspecified atom stereocenters. The molecule has 0 saturated carbocycles. The summed E-state index contributed by atoms with van der Waals surface area (Å²) in [7, 11) is 0. The lowest BCUT2D eigenvalue weighted by molar-refractivity contribution is 0.218. The molecular weight excluding hydrogens is 439 g/mol. The van der Waals surface area contributed by atoms with Gasteiger partial charge < -0.3 is 5.11 Å². The molecule has 6 heteroatoms. The Morgan fingerprint density at radius 3 is 2.41 bits per heavy atom. The topological polar surface area (TPSA) is 20.2 Å². The third-order valence-corrected chi connectivity index (χ3v) is 5.99. The Balaban J connectivity index is 2.39. The van der Waals surface area contributed by atoms with Crippen molar-refractivity contribution in [1.29, 1.82) is 0 Å². The Bertz CT molecular complexity index is 536. The fourth-order valence-corrected chi connectivity index (χ4v) is 3.80. The maximum Gasteiger partial charge on any atom is 0.130 e. The highest BCUT2D eigenvalue weighted by Crippen LogP contribution is 2.38. The number of hydrogen-bond acceptors (Lipinski definition) is 2. The lowest BCUT2D eigenvalue weighted by Gasteiger charge is -2.10. The first-order valence-electron chi connectivity index (χ1n) is 4.57. The summed E-state index contributed by atoms with van der Waals surface area (Å²) in [6, 6.07) is 6.40. The van der Waals surface area contributed by atoms with Gasteiger partial charge in [-0.15, -0.1) is 11.3 Å². The normalized spacial score (nSPS) is 12.8. The maximum atomic E-state index is 13.7. The summed E-state index contributed by atoms with van der Waals surface area (Å²) >= 11 is 11.2. The van der Waals surface area contributed by atoms with E-state index in [1.54, 1.807) is 18.2 Å². The van der Waals surface area contributed by atoms with Crippen molar-refractivity contribution in [2.75, 3.05) is 0 Å². The van der Waals surface area contributed by atoms with E-state index in [1.807, 2.05) is 0 Å². The molecule has 0 radical (unpaired) electrons. The van der Waals surface area contributed by atoms with E-state index in [9.17, 15) is 9.50 Å². The van der Waals surface area contributed by atoms with E-state index in [0.717, 1.165) is 8.26 Å². The molecule has 0 aliphatic rings. The van der Waals surface area contributed by atoms with Gasteiger partial charge in [-0.25, -0.2) is 4.39 Å². The molecule has 17 heavy (non-hydrogen) atoms. The van der Waals surface area contributed by atoms with Crippen molar-refractivity contribution in [3.8, 4) is 0 Å². The van der Waals surface area contributed by atoms with Crippen molar-refractivity contribution in [1.82, 2.24) is 0 Å². The molecule has 2 rings (SSSR count). The molecule has 0 aliphatic heterocycles. The van der Waals surface area contributed by atoms with Crippen LogP contribution in [0, 0.1) is 5.82 Å². The van der Waals surface area contributed by atoms with Crippen molar-refractivity contribution < 1.29 is 9.50 Å². The smallest absolute Gasteiger partial charge is 0.130 e. The SMILES string of the molecule is OC(c1cc(Br)c(Br)s1)c1ccc(Br)cc1F. The zero-order chi connectivity index (χ0) is 12.6. The van der Waals surface area contributed by atoms with Crippen molar-refractivity contribution in [2.24, 2.45) is 0 Å². The van der Waals surface area contributed by atoms with Gasteiger partial charge in [0, 0.05) is 19.4 Å². The van der Waals surface area contributed by atoms with E-state index >= 15 is 0 Å². The zero-order valence-electron chi connectivity index (χ0n) is 8.25. The quantitative estimate of drug-likeness (QED) is 0.670. The number of aliphatic hydroxyl groups excluding tert-OH is 1. The summed E-state index contributed by atoms with van der Waals surface area (Å²) in [5.74, 6) is -0.424. The van der Waals surface area contributed by atoms with Crippen LogP contribution in [0.1, 0.15) is 16.5 Å². The Labute approximate surface area is 127 Å². The van der Waals surface area contributed by atoms with Crippen LogP contribution in [0.2, 0.25) is 0 Å². The van der Waals surface area contributed by atoms with Gasteiger partial charge in [0.15, 0.2) is 0 Å². The monoisotopic (exact) mass is 442 g/mol. The minimum atomic E-state index is -0.948. The number of thiophene rings is 1. The number of rotatable bonds is 2. The maximum absolute atomic E-state index is 13.7. The van der Waals surface area contributed by atoms with Crippen LogP contribution in [0.5, 0.6) is 0 Å². The van der Waals surface area contributed by atoms with Crippen LogP contribution in [-0.2, 0) is 0 Å². The predicted molar refractivity (Wildman–Crippen MR) is 77.9 cm³/mol. The van der Waals surface area contributed by atoms with E-state index in [-0.39, 0.29) is 5.56 Å². The van der Waals surface area contributed by atoms with Crippen molar-refractivity contribution in [2.45, 2.75) is 6.10 Å². The van der Waals surface area contributed by atoms with E-state index in [0.29, 0.717) is 9.35 Å². The van der Waals surface area contributed by atoms with Gasteiger partial charge in [0.2, 0.25) is 0 Å². The van der Waals surface area contributed by atoms with E-state index in [4.69, 9.17) is 0 Å². The Morgan fingerprint density at radius 2 is 1.88 bits per heavy atom. The molecular formula is C11H6Br3FOS. The van der Waals surface area contributed by atoms with Gasteiger partial charge in [-0.2, -0.15) is 0 Å². The van der Waals surface area contributed by atoms with Gasteiger partial charge in [-0.1, -0.05) is 22.0 Å². The number of benzene rings is 1. The highest BCUT2D eigenvalue weighted by atomic mass is 79.9. The van der Waals surface area contributed by atoms with Crippen LogP contribution < -0.4 is 0 Å². The summed E-state index contributed by atoms with van der Waals surface area (Å²) in [5, 5.41) is 10.1. The lowest BCUT2D eigenvalue weighted by atomic mass is 10.1. The van der Waals surface area contributed by atoms with Crippen molar-refractivity contribution in [3.63, 3.8) is 0 Å². The summed E-state index contributed by atoms with van der Waals surface area (Å²) in [5.41, 5.74) is 0.273. The average molecular weight is 445 g/mol. The third kappa shape index (κ3) is 2.98. The molecule has 0 saturated heterocycles. The Morgan fingerprint density at radius 1 is 1.18 bits per heavy atom. The molecule has 0 bridgehead atoms. The molecule has 90 valence electrons. The molecule has 1 heterocycles. The second kappa shape index (κ2) is 5.48. The third-order valence-electron chi connectivity index (χ3n) is 2.19. The first-order valence-corrected chi connectivity index (χ1v) is 7.76. The second-order valence-electron chi connectivity index (χ2n) is 3.34. The van der Waals surface area contributed by atoms with Crippen molar-refractivity contribution in [3.05, 3.63) is 53.3 Å². The molecule has 2 aromatic rings. The molecule has 0 aliphatic carbocycles. The molecule has 0 amide bonds. The highest BCUT2D eigenvalue weighted by molar-refractivity contribution is 9.13. The van der Waals surface area contributed by atoms with Gasteiger partial charge in [0.1, 0.15) is 11.9 Å². The fraction of sp³-hybridized carbons (Fsp3) is 0.0909. The van der Waals surface area contributed by atoms with E-state index < -0.39 is 11.9 Å². The summed E-state index contributed by atoms with van der Waals surface area (Å²) in [4.78, 5) is 0.685. The predicted octanol–water partition coefficient (Wildman–Crippen LogP) is 5.26. The van der Waals surface area contributed by atoms with Crippen molar-refractivity contribution >= 4 is 59.1 Å². The molecule has 1 aromatic heterocycles. The van der Waals surface area contributed by atoms with Crippen LogP contribution in [0.4, 0.5) is 4.39 Å². The Hall–Kier alpha value is 0.250. The molecule has 1 N–H and O–H groups in total. The van der Waals surface area contributed by atoms with Crippen LogP contribution in [0.25, 0.3) is 0 Å². The van der Waals surface area contributed by atoms with Gasteiger partial charge in [-0.05, 0) is 50.1 Å². The summed E-state index contributed by atoms with van der Waals surface area (Å²) in [6.07, 6.45) is -0.948. The first-order chi connectivity index (χ1) is 7.99. The number of aliphatic hydroxyl groups is 1. The van der Waals surface area contributed by atoms with E-state index in [2.05, 4.69) is 47.8 Å². The first kappa shape index (κ1) is 13.7. The minimum absolute atomic E-state index is 0.273. The highest BCUT2D eigenvalue weighted by Gasteiger charge is 2.18. The average Bonchev–Trinajstić information content (AvgIpc) is 2.58. The van der Waals surface area contributed by atoms with Gasteiger partial charge in [0.05, 0.1) is 3.79 Å². The largest absolute Gasteiger partial charge is 0.383 e. The Kier molecular flexibility index (Phi) is 4.41. The second-order valence-corrected chi connectivity index (χ2v) is 7.51.